The van der Waals surface area contributed by atoms with Gasteiger partial charge < -0.3 is 9.73 Å². The largest absolute Gasteiger partial charge is 0.465 e. The third kappa shape index (κ3) is 3.36. The number of rotatable bonds is 5. The standard InChI is InChI=1S/C15H26N2O/c1-4-9-16-14-6-5-10-17(11-14)13(3)15-8-7-12(2)18-15/h7-8,13-14,16H,4-6,9-11H2,1-3H3. The molecule has 1 fully saturated rings. The Morgan fingerprint density at radius 1 is 1.50 bits per heavy atom. The number of furan rings is 1. The van der Waals surface area contributed by atoms with Crippen LogP contribution in [0.2, 0.25) is 0 Å². The summed E-state index contributed by atoms with van der Waals surface area (Å²) in [6, 6.07) is 5.22. The topological polar surface area (TPSA) is 28.4 Å². The van der Waals surface area contributed by atoms with Gasteiger partial charge in [-0.15, -0.1) is 0 Å². The molecular weight excluding hydrogens is 224 g/mol. The van der Waals surface area contributed by atoms with Crippen molar-refractivity contribution < 1.29 is 4.42 Å². The molecular formula is C15H26N2O. The van der Waals surface area contributed by atoms with Crippen LogP contribution in [0.4, 0.5) is 0 Å². The minimum Gasteiger partial charge on any atom is -0.465 e. The molecule has 0 aromatic carbocycles. The van der Waals surface area contributed by atoms with Crippen molar-refractivity contribution in [2.75, 3.05) is 19.6 Å². The summed E-state index contributed by atoms with van der Waals surface area (Å²) in [4.78, 5) is 2.54. The third-order valence-electron chi connectivity index (χ3n) is 3.86. The summed E-state index contributed by atoms with van der Waals surface area (Å²) in [5.74, 6) is 2.11. The van der Waals surface area contributed by atoms with Gasteiger partial charge >= 0.3 is 0 Å². The summed E-state index contributed by atoms with van der Waals surface area (Å²) in [7, 11) is 0. The summed E-state index contributed by atoms with van der Waals surface area (Å²) in [5.41, 5.74) is 0. The first-order chi connectivity index (χ1) is 8.70. The molecule has 2 atom stereocenters. The average molecular weight is 250 g/mol. The molecule has 102 valence electrons. The van der Waals surface area contributed by atoms with Crippen molar-refractivity contribution in [3.05, 3.63) is 23.7 Å². The first-order valence-corrected chi connectivity index (χ1v) is 7.24. The van der Waals surface area contributed by atoms with Crippen molar-refractivity contribution in [1.29, 1.82) is 0 Å². The van der Waals surface area contributed by atoms with Crippen LogP contribution >= 0.6 is 0 Å². The lowest BCUT2D eigenvalue weighted by atomic mass is 10.0. The number of hydrogen-bond donors (Lipinski definition) is 1. The third-order valence-corrected chi connectivity index (χ3v) is 3.86. The monoisotopic (exact) mass is 250 g/mol. The molecule has 1 saturated heterocycles. The lowest BCUT2D eigenvalue weighted by Gasteiger charge is -2.36. The highest BCUT2D eigenvalue weighted by molar-refractivity contribution is 5.09. The van der Waals surface area contributed by atoms with Gasteiger partial charge in [0.15, 0.2) is 0 Å². The Labute approximate surface area is 111 Å². The van der Waals surface area contributed by atoms with Crippen LogP contribution < -0.4 is 5.32 Å². The molecule has 0 aliphatic carbocycles. The first kappa shape index (κ1) is 13.6. The van der Waals surface area contributed by atoms with E-state index in [0.717, 1.165) is 24.6 Å². The van der Waals surface area contributed by atoms with Crippen molar-refractivity contribution in [3.63, 3.8) is 0 Å². The van der Waals surface area contributed by atoms with Gasteiger partial charge in [-0.25, -0.2) is 0 Å². The summed E-state index contributed by atoms with van der Waals surface area (Å²) < 4.78 is 5.75. The molecule has 2 rings (SSSR count). The van der Waals surface area contributed by atoms with E-state index in [-0.39, 0.29) is 0 Å². The maximum absolute atomic E-state index is 5.75. The summed E-state index contributed by atoms with van der Waals surface area (Å²) in [6.45, 7) is 9.94. The Hall–Kier alpha value is -0.800. The van der Waals surface area contributed by atoms with Crippen molar-refractivity contribution in [2.24, 2.45) is 0 Å². The molecule has 1 aliphatic heterocycles. The normalized spacial score (nSPS) is 23.2. The smallest absolute Gasteiger partial charge is 0.121 e. The van der Waals surface area contributed by atoms with E-state index in [2.05, 4.69) is 36.2 Å². The Balaban J connectivity index is 1.91. The maximum atomic E-state index is 5.75. The molecule has 1 aromatic rings. The van der Waals surface area contributed by atoms with Gasteiger partial charge in [0.1, 0.15) is 11.5 Å². The molecule has 3 nitrogen and oxygen atoms in total. The molecule has 2 unspecified atom stereocenters. The number of aryl methyl sites for hydroxylation is 1. The Morgan fingerprint density at radius 3 is 3.00 bits per heavy atom. The number of nitrogens with one attached hydrogen (secondary N) is 1. The van der Waals surface area contributed by atoms with E-state index >= 15 is 0 Å². The molecule has 0 amide bonds. The molecule has 1 aliphatic rings. The highest BCUT2D eigenvalue weighted by Gasteiger charge is 2.25. The van der Waals surface area contributed by atoms with Crippen LogP contribution in [0.15, 0.2) is 16.5 Å². The molecule has 2 heterocycles. The molecule has 0 spiro atoms. The van der Waals surface area contributed by atoms with Crippen LogP contribution in [-0.2, 0) is 0 Å². The minimum absolute atomic E-state index is 0.393. The lowest BCUT2D eigenvalue weighted by molar-refractivity contribution is 0.131. The predicted octanol–water partition coefficient (Wildman–Crippen LogP) is 3.11. The fourth-order valence-corrected chi connectivity index (χ4v) is 2.73. The van der Waals surface area contributed by atoms with E-state index < -0.39 is 0 Å². The van der Waals surface area contributed by atoms with Gasteiger partial charge in [-0.3, -0.25) is 4.90 Å². The van der Waals surface area contributed by atoms with Gasteiger partial charge in [-0.1, -0.05) is 6.92 Å². The second-order valence-corrected chi connectivity index (χ2v) is 5.41. The van der Waals surface area contributed by atoms with Gasteiger partial charge in [-0.2, -0.15) is 0 Å². The summed E-state index contributed by atoms with van der Waals surface area (Å²) >= 11 is 0. The van der Waals surface area contributed by atoms with E-state index in [1.54, 1.807) is 0 Å². The van der Waals surface area contributed by atoms with Crippen molar-refractivity contribution >= 4 is 0 Å². The lowest BCUT2D eigenvalue weighted by Crippen LogP contribution is -2.46. The molecule has 0 radical (unpaired) electrons. The van der Waals surface area contributed by atoms with E-state index in [4.69, 9.17) is 4.42 Å². The van der Waals surface area contributed by atoms with Gasteiger partial charge in [0, 0.05) is 12.6 Å². The van der Waals surface area contributed by atoms with Crippen LogP contribution in [0.5, 0.6) is 0 Å². The number of hydrogen-bond acceptors (Lipinski definition) is 3. The van der Waals surface area contributed by atoms with Crippen molar-refractivity contribution in [3.8, 4) is 0 Å². The van der Waals surface area contributed by atoms with Gasteiger partial charge in [0.25, 0.3) is 0 Å². The molecule has 1 aromatic heterocycles. The Morgan fingerprint density at radius 2 is 2.33 bits per heavy atom. The Kier molecular flexibility index (Phi) is 4.84. The zero-order chi connectivity index (χ0) is 13.0. The molecule has 1 N–H and O–H groups in total. The first-order valence-electron chi connectivity index (χ1n) is 7.24. The van der Waals surface area contributed by atoms with Crippen molar-refractivity contribution in [2.45, 2.75) is 52.1 Å². The van der Waals surface area contributed by atoms with Crippen LogP contribution in [-0.4, -0.2) is 30.6 Å². The Bertz CT molecular complexity index is 361. The second kappa shape index (κ2) is 6.39. The average Bonchev–Trinajstić information content (AvgIpc) is 2.82. The van der Waals surface area contributed by atoms with Crippen LogP contribution in [0.3, 0.4) is 0 Å². The minimum atomic E-state index is 0.393. The van der Waals surface area contributed by atoms with E-state index in [1.165, 1.54) is 25.8 Å². The van der Waals surface area contributed by atoms with Gasteiger partial charge in [0.05, 0.1) is 6.04 Å². The predicted molar refractivity (Wildman–Crippen MR) is 74.7 cm³/mol. The van der Waals surface area contributed by atoms with Gasteiger partial charge in [0.2, 0.25) is 0 Å². The number of nitrogens with zero attached hydrogens (tertiary/aromatic N) is 1. The van der Waals surface area contributed by atoms with E-state index in [0.29, 0.717) is 12.1 Å². The molecule has 0 saturated carbocycles. The SMILES string of the molecule is CCCNC1CCCN(C(C)c2ccc(C)o2)C1. The van der Waals surface area contributed by atoms with Gasteiger partial charge in [-0.05, 0) is 58.3 Å². The molecule has 18 heavy (non-hydrogen) atoms. The fourth-order valence-electron chi connectivity index (χ4n) is 2.73. The second-order valence-electron chi connectivity index (χ2n) is 5.41. The molecule has 3 heteroatoms. The van der Waals surface area contributed by atoms with Crippen molar-refractivity contribution in [1.82, 2.24) is 10.2 Å². The highest BCUT2D eigenvalue weighted by atomic mass is 16.3. The molecule has 0 bridgehead atoms. The summed E-state index contributed by atoms with van der Waals surface area (Å²) in [5, 5.41) is 3.64. The summed E-state index contributed by atoms with van der Waals surface area (Å²) in [6.07, 6.45) is 3.80. The maximum Gasteiger partial charge on any atom is 0.121 e. The number of piperidine rings is 1. The zero-order valence-corrected chi connectivity index (χ0v) is 11.9. The van der Waals surface area contributed by atoms with Crippen LogP contribution in [0, 0.1) is 6.92 Å². The van der Waals surface area contributed by atoms with E-state index in [9.17, 15) is 0 Å². The fraction of sp³-hybridized carbons (Fsp3) is 0.733. The number of likely N-dealkylation sites (tertiary alicyclic amines) is 1. The van der Waals surface area contributed by atoms with Crippen LogP contribution in [0.25, 0.3) is 0 Å². The quantitative estimate of drug-likeness (QED) is 0.870. The van der Waals surface area contributed by atoms with Crippen LogP contribution in [0.1, 0.15) is 50.7 Å². The highest BCUT2D eigenvalue weighted by Crippen LogP contribution is 2.25. The zero-order valence-electron chi connectivity index (χ0n) is 11.9. The van der Waals surface area contributed by atoms with E-state index in [1.807, 2.05) is 6.92 Å².